The third-order valence-electron chi connectivity index (χ3n) is 13.6. The molecule has 0 amide bonds. The van der Waals surface area contributed by atoms with Gasteiger partial charge in [0.1, 0.15) is 54.9 Å². The summed E-state index contributed by atoms with van der Waals surface area (Å²) in [5.41, 5.74) is 0. The molecule has 2 fully saturated rings. The van der Waals surface area contributed by atoms with Gasteiger partial charge in [0.05, 0.1) is 26.4 Å². The van der Waals surface area contributed by atoms with Crippen molar-refractivity contribution in [3.8, 4) is 0 Å². The lowest BCUT2D eigenvalue weighted by atomic mass is 9.98. The quantitative estimate of drug-likeness (QED) is 0.0172. The highest BCUT2D eigenvalue weighted by Crippen LogP contribution is 2.26. The van der Waals surface area contributed by atoms with Crippen LogP contribution in [0.3, 0.4) is 0 Å². The lowest BCUT2D eigenvalue weighted by molar-refractivity contribution is -0.332. The van der Waals surface area contributed by atoms with Gasteiger partial charge < -0.3 is 64.2 Å². The normalized spacial score (nSPS) is 25.0. The summed E-state index contributed by atoms with van der Waals surface area (Å²) in [5.74, 6) is -0.388. The van der Waals surface area contributed by atoms with E-state index in [2.05, 4.69) is 111 Å². The third kappa shape index (κ3) is 35.3. The van der Waals surface area contributed by atoms with Gasteiger partial charge in [-0.3, -0.25) is 4.79 Å². The molecule has 7 N–H and O–H groups in total. The molecule has 2 aliphatic rings. The number of aliphatic hydroxyl groups excluding tert-OH is 7. The Morgan fingerprint density at radius 1 is 0.429 bits per heavy atom. The van der Waals surface area contributed by atoms with Crippen molar-refractivity contribution in [1.82, 2.24) is 0 Å². The fourth-order valence-corrected chi connectivity index (χ4v) is 8.86. The zero-order valence-corrected chi connectivity index (χ0v) is 47.4. The number of allylic oxidation sites excluding steroid dienone is 16. The van der Waals surface area contributed by atoms with E-state index >= 15 is 0 Å². The largest absolute Gasteiger partial charge is 0.457 e. The first-order chi connectivity index (χ1) is 37.6. The number of unbranched alkanes of at least 4 members (excludes halogenated alkanes) is 17. The molecule has 0 saturated carbocycles. The molecule has 0 spiro atoms. The molecule has 2 heterocycles. The van der Waals surface area contributed by atoms with Crippen LogP contribution in [0.4, 0.5) is 0 Å². The minimum atomic E-state index is -1.72. The van der Waals surface area contributed by atoms with Crippen molar-refractivity contribution < 1.29 is 69.0 Å². The number of ether oxygens (including phenoxy) is 6. The summed E-state index contributed by atoms with van der Waals surface area (Å²) in [4.78, 5) is 13.1. The van der Waals surface area contributed by atoms with Gasteiger partial charge in [-0.2, -0.15) is 0 Å². The summed E-state index contributed by atoms with van der Waals surface area (Å²) in [6.45, 7) is 3.43. The first-order valence-electron chi connectivity index (χ1n) is 29.8. The fourth-order valence-electron chi connectivity index (χ4n) is 8.86. The highest BCUT2D eigenvalue weighted by atomic mass is 16.7. The van der Waals surface area contributed by atoms with Crippen LogP contribution in [0.15, 0.2) is 97.2 Å². The summed E-state index contributed by atoms with van der Waals surface area (Å²) < 4.78 is 34.4. The van der Waals surface area contributed by atoms with Crippen LogP contribution < -0.4 is 0 Å². The lowest BCUT2D eigenvalue weighted by Crippen LogP contribution is -2.61. The number of carbonyl (C=O) groups excluding carboxylic acids is 1. The van der Waals surface area contributed by atoms with Crippen molar-refractivity contribution in [2.24, 2.45) is 0 Å². The van der Waals surface area contributed by atoms with Gasteiger partial charge in [-0.25, -0.2) is 0 Å². The summed E-state index contributed by atoms with van der Waals surface area (Å²) in [5, 5.41) is 72.4. The molecule has 0 radical (unpaired) electrons. The molecular formula is C63H106O14. The van der Waals surface area contributed by atoms with Crippen LogP contribution in [0.1, 0.15) is 194 Å². The Bertz CT molecular complexity index is 1640. The predicted molar refractivity (Wildman–Crippen MR) is 307 cm³/mol. The highest BCUT2D eigenvalue weighted by Gasteiger charge is 2.47. The van der Waals surface area contributed by atoms with Gasteiger partial charge in [-0.15, -0.1) is 0 Å². The smallest absolute Gasteiger partial charge is 0.306 e. The third-order valence-corrected chi connectivity index (χ3v) is 13.6. The molecule has 2 aliphatic heterocycles. The van der Waals surface area contributed by atoms with Crippen molar-refractivity contribution in [1.29, 1.82) is 0 Å². The maximum atomic E-state index is 13.1. The standard InChI is InChI=1S/C63H106O14/c1-3-5-7-9-11-13-15-17-19-21-23-25-26-27-28-30-32-34-36-38-40-42-44-46-55(65)75-52(49-72-47-45-43-41-39-37-35-33-31-29-24-22-20-18-16-14-12-10-8-6-4-2)50-73-62-61(71)59(69)57(67)54(77-62)51-74-63-60(70)58(68)56(66)53(48-64)76-63/h5-8,11-14,17-20,23-25,29,52-54,56-64,66-71H,3-4,9-10,15-16,21-22,26-28,30-51H2,1-2H3/b7-5-,8-6-,13-11-,14-12-,19-17-,20-18-,25-23-,29-24-. The summed E-state index contributed by atoms with van der Waals surface area (Å²) in [6, 6.07) is 0. The lowest BCUT2D eigenvalue weighted by Gasteiger charge is -2.42. The Kier molecular flexibility index (Phi) is 44.4. The first-order valence-corrected chi connectivity index (χ1v) is 29.8. The summed E-state index contributed by atoms with van der Waals surface area (Å²) >= 11 is 0. The monoisotopic (exact) mass is 1090 g/mol. The van der Waals surface area contributed by atoms with E-state index in [1.807, 2.05) is 0 Å². The van der Waals surface area contributed by atoms with Crippen LogP contribution in [-0.4, -0.2) is 142 Å². The molecule has 77 heavy (non-hydrogen) atoms. The van der Waals surface area contributed by atoms with Gasteiger partial charge in [0.15, 0.2) is 12.6 Å². The SMILES string of the molecule is CC/C=C\C/C=C\C/C=C\C/C=C\CCCCCCCCCCCCC(=O)OC(COCCCCCCCCC/C=C\C/C=C\C/C=C\C/C=C\CC)COC1OC(COC2OC(CO)C(O)C(O)C2O)C(O)C(O)C1O. The van der Waals surface area contributed by atoms with E-state index in [-0.39, 0.29) is 25.6 Å². The van der Waals surface area contributed by atoms with Crippen LogP contribution in [0.2, 0.25) is 0 Å². The molecule has 0 bridgehead atoms. The fraction of sp³-hybridized carbons (Fsp3) is 0.730. The predicted octanol–water partition coefficient (Wildman–Crippen LogP) is 11.0. The Balaban J connectivity index is 1.71. The maximum Gasteiger partial charge on any atom is 0.306 e. The van der Waals surface area contributed by atoms with E-state index in [0.29, 0.717) is 13.0 Å². The molecule has 442 valence electrons. The van der Waals surface area contributed by atoms with Crippen molar-refractivity contribution in [2.75, 3.05) is 33.0 Å². The average Bonchev–Trinajstić information content (AvgIpc) is 3.43. The molecule has 11 atom stereocenters. The number of hydrogen-bond donors (Lipinski definition) is 7. The number of aliphatic hydroxyl groups is 7. The molecule has 0 aromatic heterocycles. The van der Waals surface area contributed by atoms with Crippen molar-refractivity contribution in [3.05, 3.63) is 97.2 Å². The zero-order chi connectivity index (χ0) is 55.8. The Morgan fingerprint density at radius 3 is 1.26 bits per heavy atom. The topological polar surface area (TPSA) is 214 Å². The second-order valence-electron chi connectivity index (χ2n) is 20.4. The van der Waals surface area contributed by atoms with E-state index in [0.717, 1.165) is 109 Å². The first kappa shape index (κ1) is 70.0. The van der Waals surface area contributed by atoms with Crippen molar-refractivity contribution >= 4 is 5.97 Å². The van der Waals surface area contributed by atoms with E-state index in [1.165, 1.54) is 57.8 Å². The van der Waals surface area contributed by atoms with Gasteiger partial charge in [0.25, 0.3) is 0 Å². The molecule has 2 rings (SSSR count). The Hall–Kier alpha value is -3.09. The van der Waals surface area contributed by atoms with Crippen LogP contribution >= 0.6 is 0 Å². The number of esters is 1. The second kappa shape index (κ2) is 48.8. The minimum absolute atomic E-state index is 0.0467. The molecular weight excluding hydrogens is 981 g/mol. The van der Waals surface area contributed by atoms with Crippen LogP contribution in [0.25, 0.3) is 0 Å². The number of carbonyl (C=O) groups is 1. The van der Waals surface area contributed by atoms with E-state index in [4.69, 9.17) is 28.4 Å². The highest BCUT2D eigenvalue weighted by molar-refractivity contribution is 5.69. The Labute approximate surface area is 464 Å². The van der Waals surface area contributed by atoms with Crippen molar-refractivity contribution in [2.45, 2.75) is 261 Å². The van der Waals surface area contributed by atoms with Gasteiger partial charge in [0.2, 0.25) is 0 Å². The average molecular weight is 1090 g/mol. The van der Waals surface area contributed by atoms with Crippen LogP contribution in [0, 0.1) is 0 Å². The molecule has 11 unspecified atom stereocenters. The van der Waals surface area contributed by atoms with Gasteiger partial charge in [0, 0.05) is 13.0 Å². The van der Waals surface area contributed by atoms with Crippen molar-refractivity contribution in [3.63, 3.8) is 0 Å². The van der Waals surface area contributed by atoms with E-state index < -0.39 is 80.7 Å². The van der Waals surface area contributed by atoms with Gasteiger partial charge in [-0.1, -0.05) is 195 Å². The van der Waals surface area contributed by atoms with Crippen LogP contribution in [-0.2, 0) is 33.2 Å². The molecule has 2 saturated heterocycles. The molecule has 0 aromatic carbocycles. The molecule has 0 aromatic rings. The van der Waals surface area contributed by atoms with Gasteiger partial charge in [-0.05, 0) is 89.9 Å². The maximum absolute atomic E-state index is 13.1. The number of rotatable bonds is 47. The minimum Gasteiger partial charge on any atom is -0.457 e. The zero-order valence-electron chi connectivity index (χ0n) is 47.4. The Morgan fingerprint density at radius 2 is 0.805 bits per heavy atom. The summed E-state index contributed by atoms with van der Waals surface area (Å²) in [7, 11) is 0. The summed E-state index contributed by atoms with van der Waals surface area (Å²) in [6.07, 6.45) is 48.9. The van der Waals surface area contributed by atoms with E-state index in [9.17, 15) is 40.5 Å². The number of hydrogen-bond acceptors (Lipinski definition) is 14. The van der Waals surface area contributed by atoms with Crippen LogP contribution in [0.5, 0.6) is 0 Å². The molecule has 14 nitrogen and oxygen atoms in total. The van der Waals surface area contributed by atoms with E-state index in [1.54, 1.807) is 0 Å². The van der Waals surface area contributed by atoms with Gasteiger partial charge >= 0.3 is 5.97 Å². The second-order valence-corrected chi connectivity index (χ2v) is 20.4. The molecule has 14 heteroatoms. The molecule has 0 aliphatic carbocycles.